The van der Waals surface area contributed by atoms with E-state index in [1.807, 2.05) is 19.1 Å². The molecule has 0 radical (unpaired) electrons. The fourth-order valence-electron chi connectivity index (χ4n) is 2.06. The van der Waals surface area contributed by atoms with Crippen molar-refractivity contribution < 1.29 is 19.1 Å². The molecule has 0 N–H and O–H groups in total. The van der Waals surface area contributed by atoms with Gasteiger partial charge in [0.1, 0.15) is 12.4 Å². The van der Waals surface area contributed by atoms with Crippen LogP contribution in [0.5, 0.6) is 5.75 Å². The first-order valence-corrected chi connectivity index (χ1v) is 7.66. The Bertz CT molecular complexity index is 657. The Morgan fingerprint density at radius 2 is 1.48 bits per heavy atom. The summed E-state index contributed by atoms with van der Waals surface area (Å²) >= 11 is 0. The maximum absolute atomic E-state index is 11.6. The normalized spacial score (nSPS) is 10.2. The quantitative estimate of drug-likeness (QED) is 0.572. The Morgan fingerprint density at radius 1 is 0.870 bits per heavy atom. The third kappa shape index (κ3) is 4.68. The van der Waals surface area contributed by atoms with Crippen LogP contribution in [0.4, 0.5) is 0 Å². The van der Waals surface area contributed by atoms with Crippen molar-refractivity contribution in [1.29, 1.82) is 0 Å². The number of hydrogen-bond donors (Lipinski definition) is 0. The van der Waals surface area contributed by atoms with E-state index in [0.29, 0.717) is 36.5 Å². The van der Waals surface area contributed by atoms with Crippen molar-refractivity contribution in [2.24, 2.45) is 0 Å². The minimum absolute atomic E-state index is 0.117. The van der Waals surface area contributed by atoms with E-state index in [1.54, 1.807) is 43.3 Å². The zero-order valence-electron chi connectivity index (χ0n) is 13.4. The summed E-state index contributed by atoms with van der Waals surface area (Å²) in [7, 11) is 0. The zero-order chi connectivity index (χ0) is 16.7. The summed E-state index contributed by atoms with van der Waals surface area (Å²) in [5.74, 6) is 0.495. The molecular formula is C19H20O4. The maximum atomic E-state index is 11.6. The second-order valence-corrected chi connectivity index (χ2v) is 5.01. The summed E-state index contributed by atoms with van der Waals surface area (Å²) in [5, 5.41) is 0. The van der Waals surface area contributed by atoms with Gasteiger partial charge in [-0.2, -0.15) is 0 Å². The first kappa shape index (κ1) is 16.7. The van der Waals surface area contributed by atoms with Crippen molar-refractivity contribution >= 4 is 11.8 Å². The van der Waals surface area contributed by atoms with Gasteiger partial charge in [-0.1, -0.05) is 19.1 Å². The van der Waals surface area contributed by atoms with Gasteiger partial charge < -0.3 is 9.47 Å². The van der Waals surface area contributed by atoms with Gasteiger partial charge in [-0.05, 0) is 48.9 Å². The lowest BCUT2D eigenvalue weighted by molar-refractivity contribution is 0.0526. The molecule has 0 saturated carbocycles. The SMILES string of the molecule is CCOC(=O)c1ccc(COc2ccc(C(=O)CC)cc2)cc1. The molecule has 0 atom stereocenters. The van der Waals surface area contributed by atoms with Gasteiger partial charge in [0.05, 0.1) is 12.2 Å². The molecular weight excluding hydrogens is 292 g/mol. The highest BCUT2D eigenvalue weighted by molar-refractivity contribution is 5.95. The molecule has 0 spiro atoms. The third-order valence-electron chi connectivity index (χ3n) is 3.37. The zero-order valence-corrected chi connectivity index (χ0v) is 13.4. The van der Waals surface area contributed by atoms with Crippen molar-refractivity contribution in [3.8, 4) is 5.75 Å². The van der Waals surface area contributed by atoms with Crippen LogP contribution >= 0.6 is 0 Å². The molecule has 0 aromatic heterocycles. The minimum Gasteiger partial charge on any atom is -0.489 e. The van der Waals surface area contributed by atoms with Gasteiger partial charge in [0.15, 0.2) is 5.78 Å². The largest absolute Gasteiger partial charge is 0.489 e. The molecule has 2 aromatic rings. The first-order chi connectivity index (χ1) is 11.1. The summed E-state index contributed by atoms with van der Waals surface area (Å²) in [6, 6.07) is 14.2. The van der Waals surface area contributed by atoms with Crippen molar-refractivity contribution in [2.75, 3.05) is 6.61 Å². The number of esters is 1. The highest BCUT2D eigenvalue weighted by Gasteiger charge is 2.06. The van der Waals surface area contributed by atoms with Crippen LogP contribution < -0.4 is 4.74 Å². The van der Waals surface area contributed by atoms with Gasteiger partial charge in [0.2, 0.25) is 0 Å². The molecule has 0 fully saturated rings. The minimum atomic E-state index is -0.323. The smallest absolute Gasteiger partial charge is 0.338 e. The van der Waals surface area contributed by atoms with E-state index < -0.39 is 0 Å². The Kier molecular flexibility index (Phi) is 5.92. The predicted octanol–water partition coefficient (Wildman–Crippen LogP) is 4.04. The molecule has 0 saturated heterocycles. The van der Waals surface area contributed by atoms with Crippen molar-refractivity contribution in [1.82, 2.24) is 0 Å². The molecule has 120 valence electrons. The average molecular weight is 312 g/mol. The molecule has 4 nitrogen and oxygen atoms in total. The summed E-state index contributed by atoms with van der Waals surface area (Å²) in [6.45, 7) is 4.37. The van der Waals surface area contributed by atoms with Crippen LogP contribution in [0.15, 0.2) is 48.5 Å². The van der Waals surface area contributed by atoms with Crippen LogP contribution in [0.25, 0.3) is 0 Å². The molecule has 23 heavy (non-hydrogen) atoms. The second kappa shape index (κ2) is 8.13. The van der Waals surface area contributed by atoms with Gasteiger partial charge in [0.25, 0.3) is 0 Å². The molecule has 0 unspecified atom stereocenters. The van der Waals surface area contributed by atoms with Crippen LogP contribution in [0.3, 0.4) is 0 Å². The highest BCUT2D eigenvalue weighted by Crippen LogP contribution is 2.16. The molecule has 0 heterocycles. The molecule has 2 aromatic carbocycles. The van der Waals surface area contributed by atoms with E-state index in [2.05, 4.69) is 0 Å². The van der Waals surface area contributed by atoms with Crippen molar-refractivity contribution in [2.45, 2.75) is 26.9 Å². The average Bonchev–Trinajstić information content (AvgIpc) is 2.60. The van der Waals surface area contributed by atoms with Crippen molar-refractivity contribution in [3.05, 3.63) is 65.2 Å². The molecule has 0 aliphatic rings. The van der Waals surface area contributed by atoms with Crippen LogP contribution in [0, 0.1) is 0 Å². The summed E-state index contributed by atoms with van der Waals surface area (Å²) in [4.78, 5) is 23.1. The number of Topliss-reactive ketones (excluding diaryl/α,β-unsaturated/α-hetero) is 1. The number of carbonyl (C=O) groups is 2. The number of carbonyl (C=O) groups excluding carboxylic acids is 2. The molecule has 2 rings (SSSR count). The lowest BCUT2D eigenvalue weighted by Crippen LogP contribution is -2.04. The van der Waals surface area contributed by atoms with E-state index in [9.17, 15) is 9.59 Å². The molecule has 4 heteroatoms. The Labute approximate surface area is 136 Å². The summed E-state index contributed by atoms with van der Waals surface area (Å²) in [6.07, 6.45) is 0.493. The van der Waals surface area contributed by atoms with Gasteiger partial charge in [0, 0.05) is 12.0 Å². The number of rotatable bonds is 7. The fraction of sp³-hybridized carbons (Fsp3) is 0.263. The van der Waals surface area contributed by atoms with E-state index in [1.165, 1.54) is 0 Å². The molecule has 0 aliphatic heterocycles. The topological polar surface area (TPSA) is 52.6 Å². The van der Waals surface area contributed by atoms with Crippen LogP contribution in [-0.2, 0) is 11.3 Å². The Hall–Kier alpha value is -2.62. The van der Waals surface area contributed by atoms with Crippen LogP contribution in [-0.4, -0.2) is 18.4 Å². The van der Waals surface area contributed by atoms with Gasteiger partial charge >= 0.3 is 5.97 Å². The summed E-state index contributed by atoms with van der Waals surface area (Å²) in [5.41, 5.74) is 2.17. The number of hydrogen-bond acceptors (Lipinski definition) is 4. The van der Waals surface area contributed by atoms with E-state index >= 15 is 0 Å². The lowest BCUT2D eigenvalue weighted by atomic mass is 10.1. The maximum Gasteiger partial charge on any atom is 0.338 e. The fourth-order valence-corrected chi connectivity index (χ4v) is 2.06. The monoisotopic (exact) mass is 312 g/mol. The Morgan fingerprint density at radius 3 is 2.04 bits per heavy atom. The third-order valence-corrected chi connectivity index (χ3v) is 3.37. The number of ether oxygens (including phenoxy) is 2. The molecule has 0 amide bonds. The van der Waals surface area contributed by atoms with Gasteiger partial charge in [-0.25, -0.2) is 4.79 Å². The molecule has 0 aliphatic carbocycles. The second-order valence-electron chi connectivity index (χ2n) is 5.01. The van der Waals surface area contributed by atoms with Crippen LogP contribution in [0.2, 0.25) is 0 Å². The van der Waals surface area contributed by atoms with Crippen LogP contribution in [0.1, 0.15) is 46.5 Å². The Balaban J connectivity index is 1.93. The van der Waals surface area contributed by atoms with Crippen molar-refractivity contribution in [3.63, 3.8) is 0 Å². The molecule has 0 bridgehead atoms. The van der Waals surface area contributed by atoms with Gasteiger partial charge in [-0.3, -0.25) is 4.79 Å². The van der Waals surface area contributed by atoms with Gasteiger partial charge in [-0.15, -0.1) is 0 Å². The van der Waals surface area contributed by atoms with E-state index in [0.717, 1.165) is 5.56 Å². The lowest BCUT2D eigenvalue weighted by Gasteiger charge is -2.08. The first-order valence-electron chi connectivity index (χ1n) is 7.66. The number of ketones is 1. The highest BCUT2D eigenvalue weighted by atomic mass is 16.5. The standard InChI is InChI=1S/C19H20O4/c1-3-18(20)15-9-11-17(12-10-15)23-13-14-5-7-16(8-6-14)19(21)22-4-2/h5-12H,3-4,13H2,1-2H3. The number of benzene rings is 2. The predicted molar refractivity (Wildman–Crippen MR) is 87.8 cm³/mol. The summed E-state index contributed by atoms with van der Waals surface area (Å²) < 4.78 is 10.6. The van der Waals surface area contributed by atoms with E-state index in [-0.39, 0.29) is 11.8 Å². The van der Waals surface area contributed by atoms with E-state index in [4.69, 9.17) is 9.47 Å².